The molecular weight excluding hydrogens is 313 g/mol. The minimum absolute atomic E-state index is 0.138. The van der Waals surface area contributed by atoms with E-state index in [0.717, 1.165) is 12.1 Å². The van der Waals surface area contributed by atoms with Crippen molar-refractivity contribution in [2.75, 3.05) is 31.7 Å². The predicted octanol–water partition coefficient (Wildman–Crippen LogP) is 1.92. The zero-order valence-electron chi connectivity index (χ0n) is 12.8. The van der Waals surface area contributed by atoms with Gasteiger partial charge in [0.15, 0.2) is 0 Å². The van der Waals surface area contributed by atoms with Gasteiger partial charge in [0, 0.05) is 25.9 Å². The summed E-state index contributed by atoms with van der Waals surface area (Å²) in [6.45, 7) is 1.79. The van der Waals surface area contributed by atoms with Crippen LogP contribution in [0.1, 0.15) is 12.5 Å². The van der Waals surface area contributed by atoms with Crippen molar-refractivity contribution in [3.05, 3.63) is 29.8 Å². The second-order valence-electron chi connectivity index (χ2n) is 5.23. The van der Waals surface area contributed by atoms with Gasteiger partial charge in [-0.1, -0.05) is 6.07 Å². The molecule has 2 rings (SSSR count). The Hall–Kier alpha value is -2.09. The number of nitrogens with zero attached hydrogens (tertiary/aromatic N) is 2. The number of carbonyl (C=O) groups is 2. The van der Waals surface area contributed by atoms with Crippen LogP contribution in [0, 0.1) is 0 Å². The van der Waals surface area contributed by atoms with Gasteiger partial charge in [0.05, 0.1) is 5.56 Å². The Bertz CT molecular complexity index is 604. The molecule has 1 aromatic carbocycles. The van der Waals surface area contributed by atoms with E-state index in [9.17, 15) is 22.8 Å². The highest BCUT2D eigenvalue weighted by molar-refractivity contribution is 6.00. The molecule has 1 aliphatic heterocycles. The van der Waals surface area contributed by atoms with Gasteiger partial charge >= 0.3 is 6.18 Å². The van der Waals surface area contributed by atoms with E-state index in [-0.39, 0.29) is 31.3 Å². The molecule has 0 aliphatic carbocycles. The zero-order valence-corrected chi connectivity index (χ0v) is 12.8. The molecule has 0 unspecified atom stereocenters. The van der Waals surface area contributed by atoms with Crippen molar-refractivity contribution in [3.63, 3.8) is 0 Å². The van der Waals surface area contributed by atoms with E-state index < -0.39 is 23.7 Å². The first-order valence-corrected chi connectivity index (χ1v) is 7.02. The molecule has 0 aromatic heterocycles. The van der Waals surface area contributed by atoms with E-state index >= 15 is 0 Å². The molecule has 1 saturated heterocycles. The maximum absolute atomic E-state index is 12.8. The molecule has 1 aromatic rings. The van der Waals surface area contributed by atoms with Crippen LogP contribution in [-0.2, 0) is 20.5 Å². The summed E-state index contributed by atoms with van der Waals surface area (Å²) in [5, 5.41) is 0. The summed E-state index contributed by atoms with van der Waals surface area (Å²) in [6, 6.07) is 3.86. The monoisotopic (exact) mass is 330 g/mol. The predicted molar refractivity (Wildman–Crippen MR) is 76.8 cm³/mol. The Balaban J connectivity index is 2.21. The van der Waals surface area contributed by atoms with Gasteiger partial charge in [-0.2, -0.15) is 13.2 Å². The van der Waals surface area contributed by atoms with E-state index in [2.05, 4.69) is 0 Å². The molecule has 126 valence electrons. The van der Waals surface area contributed by atoms with Gasteiger partial charge in [-0.25, -0.2) is 0 Å². The molecule has 1 aliphatic rings. The molecule has 5 nitrogen and oxygen atoms in total. The van der Waals surface area contributed by atoms with Gasteiger partial charge in [-0.3, -0.25) is 9.59 Å². The van der Waals surface area contributed by atoms with Crippen LogP contribution >= 0.6 is 0 Å². The summed E-state index contributed by atoms with van der Waals surface area (Å²) in [7, 11) is 1.38. The maximum atomic E-state index is 12.8. The van der Waals surface area contributed by atoms with E-state index in [4.69, 9.17) is 4.74 Å². The average molecular weight is 330 g/mol. The Morgan fingerprint density at radius 2 is 2.04 bits per heavy atom. The third-order valence-corrected chi connectivity index (χ3v) is 3.73. The third-order valence-electron chi connectivity index (χ3n) is 3.73. The largest absolute Gasteiger partial charge is 0.416 e. The highest BCUT2D eigenvalue weighted by Gasteiger charge is 2.36. The number of methoxy groups -OCH3 is 1. The number of halogens is 3. The number of alkyl halides is 3. The standard InChI is InChI=1S/C15H17F3N2O3/c1-10-14(22)20(7-6-19(10)13(21)9-23-2)12-5-3-4-11(8-12)15(16,17)18/h3-5,8,10H,6-7,9H2,1-2H3/t10-/m0/s1. The maximum Gasteiger partial charge on any atom is 0.416 e. The molecule has 1 heterocycles. The molecule has 2 amide bonds. The van der Waals surface area contributed by atoms with Crippen molar-refractivity contribution in [1.29, 1.82) is 0 Å². The SMILES string of the molecule is COCC(=O)N1CCN(c2cccc(C(F)(F)F)c2)C(=O)[C@@H]1C. The number of ether oxygens (including phenoxy) is 1. The minimum Gasteiger partial charge on any atom is -0.375 e. The van der Waals surface area contributed by atoms with Crippen LogP contribution < -0.4 is 4.90 Å². The van der Waals surface area contributed by atoms with E-state index in [0.29, 0.717) is 0 Å². The fraction of sp³-hybridized carbons (Fsp3) is 0.467. The van der Waals surface area contributed by atoms with Crippen molar-refractivity contribution in [2.45, 2.75) is 19.1 Å². The third kappa shape index (κ3) is 3.64. The van der Waals surface area contributed by atoms with Gasteiger partial charge in [-0.15, -0.1) is 0 Å². The molecule has 0 bridgehead atoms. The molecule has 8 heteroatoms. The van der Waals surface area contributed by atoms with Crippen molar-refractivity contribution in [2.24, 2.45) is 0 Å². The Morgan fingerprint density at radius 1 is 1.35 bits per heavy atom. The van der Waals surface area contributed by atoms with E-state index in [1.54, 1.807) is 6.92 Å². The first-order chi connectivity index (χ1) is 10.8. The number of hydrogen-bond acceptors (Lipinski definition) is 3. The van der Waals surface area contributed by atoms with Crippen molar-refractivity contribution in [1.82, 2.24) is 4.90 Å². The molecule has 0 N–H and O–H groups in total. The number of benzene rings is 1. The zero-order chi connectivity index (χ0) is 17.2. The van der Waals surface area contributed by atoms with Gasteiger partial charge in [0.2, 0.25) is 11.8 Å². The molecule has 1 atom stereocenters. The highest BCUT2D eigenvalue weighted by atomic mass is 19.4. The number of amides is 2. The van der Waals surface area contributed by atoms with Gasteiger partial charge < -0.3 is 14.5 Å². The fourth-order valence-corrected chi connectivity index (χ4v) is 2.52. The first kappa shape index (κ1) is 17.3. The molecule has 0 saturated carbocycles. The second-order valence-corrected chi connectivity index (χ2v) is 5.23. The number of carbonyl (C=O) groups excluding carboxylic acids is 2. The first-order valence-electron chi connectivity index (χ1n) is 7.02. The van der Waals surface area contributed by atoms with Gasteiger partial charge in [0.1, 0.15) is 12.6 Å². The lowest BCUT2D eigenvalue weighted by molar-refractivity contribution is -0.143. The quantitative estimate of drug-likeness (QED) is 0.851. The fourth-order valence-electron chi connectivity index (χ4n) is 2.52. The Labute approximate surface area is 131 Å². The topological polar surface area (TPSA) is 49.9 Å². The van der Waals surface area contributed by atoms with Crippen LogP contribution in [-0.4, -0.2) is 49.6 Å². The van der Waals surface area contributed by atoms with Crippen molar-refractivity contribution in [3.8, 4) is 0 Å². The van der Waals surface area contributed by atoms with Crippen molar-refractivity contribution < 1.29 is 27.5 Å². The van der Waals surface area contributed by atoms with E-state index in [1.165, 1.54) is 29.0 Å². The van der Waals surface area contributed by atoms with E-state index in [1.807, 2.05) is 0 Å². The highest BCUT2D eigenvalue weighted by Crippen LogP contribution is 2.32. The lowest BCUT2D eigenvalue weighted by Crippen LogP contribution is -2.58. The number of anilines is 1. The summed E-state index contributed by atoms with van der Waals surface area (Å²) < 4.78 is 43.1. The van der Waals surface area contributed by atoms with Crippen LogP contribution in [0.2, 0.25) is 0 Å². The van der Waals surface area contributed by atoms with Gasteiger partial charge in [0.25, 0.3) is 0 Å². The summed E-state index contributed by atoms with van der Waals surface area (Å²) in [5.41, 5.74) is -0.635. The molecule has 0 radical (unpaired) electrons. The van der Waals surface area contributed by atoms with Crippen LogP contribution in [0.3, 0.4) is 0 Å². The number of piperazine rings is 1. The molecular formula is C15H17F3N2O3. The second kappa shape index (κ2) is 6.57. The summed E-state index contributed by atoms with van der Waals surface area (Å²) in [4.78, 5) is 26.9. The van der Waals surface area contributed by atoms with Crippen LogP contribution in [0.5, 0.6) is 0 Å². The average Bonchev–Trinajstić information content (AvgIpc) is 2.49. The van der Waals surface area contributed by atoms with Crippen molar-refractivity contribution >= 4 is 17.5 Å². The Morgan fingerprint density at radius 3 is 2.65 bits per heavy atom. The minimum atomic E-state index is -4.47. The molecule has 0 spiro atoms. The molecule has 1 fully saturated rings. The summed E-state index contributed by atoms with van der Waals surface area (Å²) >= 11 is 0. The smallest absolute Gasteiger partial charge is 0.375 e. The van der Waals surface area contributed by atoms with Crippen LogP contribution in [0.4, 0.5) is 18.9 Å². The lowest BCUT2D eigenvalue weighted by Gasteiger charge is -2.39. The normalized spacial score (nSPS) is 19.2. The lowest BCUT2D eigenvalue weighted by atomic mass is 10.1. The number of hydrogen-bond donors (Lipinski definition) is 0. The summed E-state index contributed by atoms with van der Waals surface area (Å²) in [6.07, 6.45) is -4.47. The van der Waals surface area contributed by atoms with Crippen LogP contribution in [0.15, 0.2) is 24.3 Å². The Kier molecular flexibility index (Phi) is 4.93. The van der Waals surface area contributed by atoms with Gasteiger partial charge in [-0.05, 0) is 25.1 Å². The molecule has 23 heavy (non-hydrogen) atoms. The van der Waals surface area contributed by atoms with Crippen LogP contribution in [0.25, 0.3) is 0 Å². The summed E-state index contributed by atoms with van der Waals surface area (Å²) in [5.74, 6) is -0.739. The number of rotatable bonds is 3.